The van der Waals surface area contributed by atoms with Gasteiger partial charge in [0.1, 0.15) is 0 Å². The van der Waals surface area contributed by atoms with Gasteiger partial charge in [0.05, 0.1) is 6.61 Å². The molecule has 0 aliphatic heterocycles. The van der Waals surface area contributed by atoms with E-state index in [1.807, 2.05) is 6.92 Å². The lowest BCUT2D eigenvalue weighted by atomic mass is 10.1. The zero-order chi connectivity index (χ0) is 9.73. The molecule has 3 heteroatoms. The van der Waals surface area contributed by atoms with Crippen LogP contribution in [-0.4, -0.2) is 44.0 Å². The summed E-state index contributed by atoms with van der Waals surface area (Å²) in [5, 5.41) is 0. The lowest BCUT2D eigenvalue weighted by molar-refractivity contribution is 0.116. The fraction of sp³-hybridized carbons (Fsp3) is 1.00. The maximum atomic E-state index is 5.31. The first-order valence-corrected chi connectivity index (χ1v) is 5.73. The molecule has 0 aromatic heterocycles. The Morgan fingerprint density at radius 3 is 2.62 bits per heavy atom. The summed E-state index contributed by atoms with van der Waals surface area (Å²) in [4.78, 5) is 2.36. The molecule has 0 aromatic carbocycles. The zero-order valence-corrected chi connectivity index (χ0v) is 9.65. The van der Waals surface area contributed by atoms with Crippen molar-refractivity contribution in [2.45, 2.75) is 19.8 Å². The van der Waals surface area contributed by atoms with Crippen molar-refractivity contribution >= 4 is 12.6 Å². The zero-order valence-electron chi connectivity index (χ0n) is 8.75. The fourth-order valence-electron chi connectivity index (χ4n) is 1.56. The third kappa shape index (κ3) is 3.88. The lowest BCUT2D eigenvalue weighted by Crippen LogP contribution is -2.30. The van der Waals surface area contributed by atoms with Crippen molar-refractivity contribution in [2.24, 2.45) is 5.41 Å². The normalized spacial score (nSPS) is 19.4. The van der Waals surface area contributed by atoms with Crippen LogP contribution in [0.15, 0.2) is 0 Å². The lowest BCUT2D eigenvalue weighted by Gasteiger charge is -2.22. The second kappa shape index (κ2) is 5.23. The van der Waals surface area contributed by atoms with E-state index in [0.29, 0.717) is 5.41 Å². The summed E-state index contributed by atoms with van der Waals surface area (Å²) in [6, 6.07) is 0. The van der Waals surface area contributed by atoms with E-state index >= 15 is 0 Å². The molecule has 0 spiro atoms. The van der Waals surface area contributed by atoms with E-state index in [-0.39, 0.29) is 0 Å². The molecule has 1 fully saturated rings. The smallest absolute Gasteiger partial charge is 0.0593 e. The molecule has 13 heavy (non-hydrogen) atoms. The van der Waals surface area contributed by atoms with Crippen molar-refractivity contribution in [3.05, 3.63) is 0 Å². The Kier molecular flexibility index (Phi) is 4.56. The Labute approximate surface area is 87.0 Å². The van der Waals surface area contributed by atoms with Crippen molar-refractivity contribution in [3.8, 4) is 0 Å². The summed E-state index contributed by atoms with van der Waals surface area (Å²) < 4.78 is 5.31. The van der Waals surface area contributed by atoms with Gasteiger partial charge in [-0.1, -0.05) is 0 Å². The van der Waals surface area contributed by atoms with E-state index in [4.69, 9.17) is 4.74 Å². The van der Waals surface area contributed by atoms with Gasteiger partial charge >= 0.3 is 0 Å². The maximum Gasteiger partial charge on any atom is 0.0593 e. The number of thiol groups is 1. The molecule has 0 radical (unpaired) electrons. The highest BCUT2D eigenvalue weighted by molar-refractivity contribution is 7.80. The molecule has 2 nitrogen and oxygen atoms in total. The minimum Gasteiger partial charge on any atom is -0.380 e. The third-order valence-electron chi connectivity index (χ3n) is 2.72. The molecule has 0 N–H and O–H groups in total. The molecule has 1 aliphatic carbocycles. The highest BCUT2D eigenvalue weighted by Gasteiger charge is 2.41. The number of hydrogen-bond donors (Lipinski definition) is 1. The van der Waals surface area contributed by atoms with E-state index in [2.05, 4.69) is 24.6 Å². The van der Waals surface area contributed by atoms with Gasteiger partial charge in [-0.15, -0.1) is 0 Å². The van der Waals surface area contributed by atoms with Gasteiger partial charge in [-0.3, -0.25) is 0 Å². The molecule has 0 unspecified atom stereocenters. The molecule has 1 aliphatic rings. The summed E-state index contributed by atoms with van der Waals surface area (Å²) in [6.45, 7) is 5.95. The van der Waals surface area contributed by atoms with Gasteiger partial charge in [0.25, 0.3) is 0 Å². The second-order valence-corrected chi connectivity index (χ2v) is 4.41. The van der Waals surface area contributed by atoms with Crippen molar-refractivity contribution in [3.63, 3.8) is 0 Å². The molecule has 0 heterocycles. The van der Waals surface area contributed by atoms with Gasteiger partial charge in [0.2, 0.25) is 0 Å². The summed E-state index contributed by atoms with van der Waals surface area (Å²) in [5.74, 6) is 1.03. The van der Waals surface area contributed by atoms with Crippen molar-refractivity contribution in [1.29, 1.82) is 0 Å². The summed E-state index contributed by atoms with van der Waals surface area (Å²) in [7, 11) is 2.17. The van der Waals surface area contributed by atoms with Gasteiger partial charge < -0.3 is 9.64 Å². The third-order valence-corrected chi connectivity index (χ3v) is 3.39. The Balaban J connectivity index is 2.07. The molecule has 1 rings (SSSR count). The van der Waals surface area contributed by atoms with Crippen molar-refractivity contribution in [2.75, 3.05) is 39.1 Å². The number of ether oxygens (including phenoxy) is 1. The van der Waals surface area contributed by atoms with Crippen LogP contribution in [0.4, 0.5) is 0 Å². The molecule has 78 valence electrons. The van der Waals surface area contributed by atoms with E-state index in [1.165, 1.54) is 19.4 Å². The van der Waals surface area contributed by atoms with Crippen molar-refractivity contribution < 1.29 is 4.74 Å². The molecule has 0 saturated heterocycles. The number of rotatable bonds is 7. The molecular weight excluding hydrogens is 182 g/mol. The van der Waals surface area contributed by atoms with Crippen molar-refractivity contribution in [1.82, 2.24) is 4.90 Å². The highest BCUT2D eigenvalue weighted by atomic mass is 32.1. The molecule has 0 amide bonds. The monoisotopic (exact) mass is 203 g/mol. The molecular formula is C10H21NOS. The van der Waals surface area contributed by atoms with Crippen LogP contribution in [0.1, 0.15) is 19.8 Å². The van der Waals surface area contributed by atoms with E-state index < -0.39 is 0 Å². The van der Waals surface area contributed by atoms with E-state index in [9.17, 15) is 0 Å². The van der Waals surface area contributed by atoms with Crippen LogP contribution >= 0.6 is 12.6 Å². The largest absolute Gasteiger partial charge is 0.380 e. The Bertz CT molecular complexity index is 148. The van der Waals surface area contributed by atoms with Crippen LogP contribution in [0.2, 0.25) is 0 Å². The first-order chi connectivity index (χ1) is 6.22. The predicted octanol–water partition coefficient (Wildman–Crippen LogP) is 1.66. The molecule has 0 bridgehead atoms. The SMILES string of the molecule is CCOCCN(C)CC1(CS)CC1. The minimum atomic E-state index is 0.546. The van der Waals surface area contributed by atoms with Gasteiger partial charge in [0.15, 0.2) is 0 Å². The fourth-order valence-corrected chi connectivity index (χ4v) is 1.98. The van der Waals surface area contributed by atoms with Gasteiger partial charge in [-0.2, -0.15) is 12.6 Å². The average Bonchev–Trinajstić information content (AvgIpc) is 2.86. The Morgan fingerprint density at radius 1 is 1.46 bits per heavy atom. The summed E-state index contributed by atoms with van der Waals surface area (Å²) in [6.07, 6.45) is 2.71. The number of hydrogen-bond acceptors (Lipinski definition) is 3. The average molecular weight is 203 g/mol. The predicted molar refractivity (Wildman–Crippen MR) is 59.5 cm³/mol. The van der Waals surface area contributed by atoms with Crippen LogP contribution < -0.4 is 0 Å². The van der Waals surface area contributed by atoms with Gasteiger partial charge in [-0.25, -0.2) is 0 Å². The topological polar surface area (TPSA) is 12.5 Å². The standard InChI is InChI=1S/C10H21NOS/c1-3-12-7-6-11(2)8-10(9-13)4-5-10/h13H,3-9H2,1-2H3. The van der Waals surface area contributed by atoms with Gasteiger partial charge in [0, 0.05) is 19.7 Å². The Morgan fingerprint density at radius 2 is 2.15 bits per heavy atom. The van der Waals surface area contributed by atoms with Crippen LogP contribution in [-0.2, 0) is 4.74 Å². The first-order valence-electron chi connectivity index (χ1n) is 5.09. The number of likely N-dealkylation sites (N-methyl/N-ethyl adjacent to an activating group) is 1. The first kappa shape index (κ1) is 11.3. The Hall–Kier alpha value is 0.270. The van der Waals surface area contributed by atoms with Crippen LogP contribution in [0.25, 0.3) is 0 Å². The second-order valence-electron chi connectivity index (χ2n) is 4.09. The van der Waals surface area contributed by atoms with Gasteiger partial charge in [-0.05, 0) is 38.0 Å². The minimum absolute atomic E-state index is 0.546. The molecule has 0 atom stereocenters. The van der Waals surface area contributed by atoms with E-state index in [1.54, 1.807) is 0 Å². The van der Waals surface area contributed by atoms with Crippen LogP contribution in [0, 0.1) is 5.41 Å². The number of nitrogens with zero attached hydrogens (tertiary/aromatic N) is 1. The van der Waals surface area contributed by atoms with E-state index in [0.717, 1.165) is 25.5 Å². The summed E-state index contributed by atoms with van der Waals surface area (Å²) in [5.41, 5.74) is 0.546. The summed E-state index contributed by atoms with van der Waals surface area (Å²) >= 11 is 4.39. The van der Waals surface area contributed by atoms with Crippen LogP contribution in [0.3, 0.4) is 0 Å². The van der Waals surface area contributed by atoms with Crippen LogP contribution in [0.5, 0.6) is 0 Å². The maximum absolute atomic E-state index is 5.31. The quantitative estimate of drug-likeness (QED) is 0.499. The molecule has 0 aromatic rings. The highest BCUT2D eigenvalue weighted by Crippen LogP contribution is 2.46. The molecule has 1 saturated carbocycles.